The number of benzene rings is 1. The Labute approximate surface area is 117 Å². The number of nitrogen functional groups attached to an aromatic ring is 1. The van der Waals surface area contributed by atoms with Crippen LogP contribution in [0.5, 0.6) is 0 Å². The zero-order valence-electron chi connectivity index (χ0n) is 11.7. The number of rotatable bonds is 2. The number of amides is 2. The van der Waals surface area contributed by atoms with E-state index in [9.17, 15) is 9.59 Å². The molecular formula is C14H19N3O3. The summed E-state index contributed by atoms with van der Waals surface area (Å²) in [6.45, 7) is 2.86. The van der Waals surface area contributed by atoms with Crippen LogP contribution >= 0.6 is 0 Å². The molecule has 20 heavy (non-hydrogen) atoms. The largest absolute Gasteiger partial charge is 0.398 e. The van der Waals surface area contributed by atoms with Gasteiger partial charge in [-0.05, 0) is 18.6 Å². The molecule has 1 atom stereocenters. The van der Waals surface area contributed by atoms with Crippen LogP contribution in [-0.4, -0.2) is 49.6 Å². The smallest absolute Gasteiger partial charge is 0.256 e. The summed E-state index contributed by atoms with van der Waals surface area (Å²) in [6, 6.07) is 4.71. The minimum atomic E-state index is -0.610. The van der Waals surface area contributed by atoms with Crippen molar-refractivity contribution in [2.24, 2.45) is 0 Å². The van der Waals surface area contributed by atoms with Crippen molar-refractivity contribution in [3.63, 3.8) is 0 Å². The predicted molar refractivity (Wildman–Crippen MR) is 75.3 cm³/mol. The van der Waals surface area contributed by atoms with Gasteiger partial charge in [-0.2, -0.15) is 0 Å². The van der Waals surface area contributed by atoms with Crippen molar-refractivity contribution < 1.29 is 14.3 Å². The highest BCUT2D eigenvalue weighted by Crippen LogP contribution is 2.20. The van der Waals surface area contributed by atoms with Gasteiger partial charge in [-0.15, -0.1) is 0 Å². The van der Waals surface area contributed by atoms with Gasteiger partial charge in [-0.25, -0.2) is 0 Å². The van der Waals surface area contributed by atoms with Gasteiger partial charge in [0.05, 0.1) is 18.8 Å². The molecule has 0 bridgehead atoms. The van der Waals surface area contributed by atoms with Gasteiger partial charge in [0.25, 0.3) is 5.91 Å². The summed E-state index contributed by atoms with van der Waals surface area (Å²) in [5.41, 5.74) is 7.70. The van der Waals surface area contributed by atoms with Crippen LogP contribution in [0, 0.1) is 6.92 Å². The van der Waals surface area contributed by atoms with Gasteiger partial charge in [0.15, 0.2) is 0 Å². The molecule has 1 heterocycles. The van der Waals surface area contributed by atoms with Crippen LogP contribution in [-0.2, 0) is 9.53 Å². The molecule has 2 rings (SSSR count). The number of carbonyl (C=O) groups is 2. The number of ether oxygens (including phenoxy) is 1. The molecule has 2 amide bonds. The second-order valence-electron chi connectivity index (χ2n) is 4.74. The Hall–Kier alpha value is -2.08. The van der Waals surface area contributed by atoms with Crippen LogP contribution in [0.3, 0.4) is 0 Å². The third-order valence-electron chi connectivity index (χ3n) is 3.49. The first-order chi connectivity index (χ1) is 9.56. The molecule has 1 fully saturated rings. The lowest BCUT2D eigenvalue weighted by Gasteiger charge is -2.34. The molecule has 0 saturated carbocycles. The molecule has 1 aromatic carbocycles. The summed E-state index contributed by atoms with van der Waals surface area (Å²) >= 11 is 0. The average molecular weight is 277 g/mol. The molecule has 1 aliphatic heterocycles. The van der Waals surface area contributed by atoms with E-state index in [4.69, 9.17) is 10.5 Å². The van der Waals surface area contributed by atoms with E-state index in [0.717, 1.165) is 5.56 Å². The molecule has 1 unspecified atom stereocenters. The van der Waals surface area contributed by atoms with E-state index >= 15 is 0 Å². The number of nitrogens with zero attached hydrogens (tertiary/aromatic N) is 1. The van der Waals surface area contributed by atoms with Crippen molar-refractivity contribution in [1.29, 1.82) is 0 Å². The van der Waals surface area contributed by atoms with Gasteiger partial charge < -0.3 is 20.7 Å². The van der Waals surface area contributed by atoms with Crippen LogP contribution in [0.25, 0.3) is 0 Å². The molecule has 1 saturated heterocycles. The fraction of sp³-hybridized carbons (Fsp3) is 0.429. The minimum Gasteiger partial charge on any atom is -0.398 e. The summed E-state index contributed by atoms with van der Waals surface area (Å²) in [5.74, 6) is -0.465. The molecule has 0 aromatic heterocycles. The second kappa shape index (κ2) is 5.92. The van der Waals surface area contributed by atoms with E-state index in [1.54, 1.807) is 19.2 Å². The molecule has 6 nitrogen and oxygen atoms in total. The number of morpholine rings is 1. The van der Waals surface area contributed by atoms with Gasteiger partial charge >= 0.3 is 0 Å². The standard InChI is InChI=1S/C14H19N3O3/c1-9-4-3-5-10(12(9)15)14(19)17-6-7-20-8-11(17)13(18)16-2/h3-5,11H,6-8,15H2,1-2H3,(H,16,18). The first-order valence-electron chi connectivity index (χ1n) is 6.51. The fourth-order valence-electron chi connectivity index (χ4n) is 2.25. The number of anilines is 1. The highest BCUT2D eigenvalue weighted by atomic mass is 16.5. The van der Waals surface area contributed by atoms with Gasteiger partial charge in [-0.1, -0.05) is 12.1 Å². The molecule has 6 heteroatoms. The summed E-state index contributed by atoms with van der Waals surface area (Å²) in [7, 11) is 1.54. The van der Waals surface area contributed by atoms with E-state index in [1.807, 2.05) is 13.0 Å². The Bertz CT molecular complexity index is 530. The molecular weight excluding hydrogens is 258 g/mol. The van der Waals surface area contributed by atoms with Crippen molar-refractivity contribution >= 4 is 17.5 Å². The molecule has 1 aliphatic rings. The van der Waals surface area contributed by atoms with Crippen LogP contribution in [0.1, 0.15) is 15.9 Å². The summed E-state index contributed by atoms with van der Waals surface area (Å²) < 4.78 is 5.29. The SMILES string of the molecule is CNC(=O)C1COCCN1C(=O)c1cccc(C)c1N. The number of para-hydroxylation sites is 1. The maximum absolute atomic E-state index is 12.6. The number of nitrogens with one attached hydrogen (secondary N) is 1. The minimum absolute atomic E-state index is 0.205. The number of likely N-dealkylation sites (N-methyl/N-ethyl adjacent to an activating group) is 1. The van der Waals surface area contributed by atoms with E-state index < -0.39 is 6.04 Å². The van der Waals surface area contributed by atoms with Crippen molar-refractivity contribution in [2.45, 2.75) is 13.0 Å². The quantitative estimate of drug-likeness (QED) is 0.754. The topological polar surface area (TPSA) is 84.7 Å². The van der Waals surface area contributed by atoms with E-state index in [1.165, 1.54) is 4.90 Å². The van der Waals surface area contributed by atoms with Crippen LogP contribution in [0.4, 0.5) is 5.69 Å². The number of nitrogens with two attached hydrogens (primary N) is 1. The van der Waals surface area contributed by atoms with Gasteiger partial charge in [0, 0.05) is 19.3 Å². The lowest BCUT2D eigenvalue weighted by atomic mass is 10.1. The zero-order chi connectivity index (χ0) is 14.7. The number of carbonyl (C=O) groups excluding carboxylic acids is 2. The van der Waals surface area contributed by atoms with Crippen LogP contribution < -0.4 is 11.1 Å². The van der Waals surface area contributed by atoms with Crippen molar-refractivity contribution in [3.8, 4) is 0 Å². The predicted octanol–water partition coefficient (Wildman–Crippen LogP) is 0.164. The molecule has 0 aliphatic carbocycles. The third kappa shape index (κ3) is 2.60. The highest BCUT2D eigenvalue weighted by Gasteiger charge is 2.33. The number of aryl methyl sites for hydroxylation is 1. The highest BCUT2D eigenvalue weighted by molar-refractivity contribution is 6.02. The van der Waals surface area contributed by atoms with E-state index in [0.29, 0.717) is 24.4 Å². The average Bonchev–Trinajstić information content (AvgIpc) is 2.48. The van der Waals surface area contributed by atoms with E-state index in [2.05, 4.69) is 5.32 Å². The van der Waals surface area contributed by atoms with Crippen LogP contribution in [0.2, 0.25) is 0 Å². The fourth-order valence-corrected chi connectivity index (χ4v) is 2.25. The van der Waals surface area contributed by atoms with Gasteiger partial charge in [0.1, 0.15) is 6.04 Å². The molecule has 1 aromatic rings. The zero-order valence-corrected chi connectivity index (χ0v) is 11.7. The second-order valence-corrected chi connectivity index (χ2v) is 4.74. The maximum atomic E-state index is 12.6. The van der Waals surface area contributed by atoms with E-state index in [-0.39, 0.29) is 18.4 Å². The molecule has 3 N–H and O–H groups in total. The van der Waals surface area contributed by atoms with Crippen molar-refractivity contribution in [1.82, 2.24) is 10.2 Å². The first kappa shape index (κ1) is 14.3. The Morgan fingerprint density at radius 3 is 2.90 bits per heavy atom. The summed E-state index contributed by atoms with van der Waals surface area (Å²) in [4.78, 5) is 26.0. The first-order valence-corrected chi connectivity index (χ1v) is 6.51. The lowest BCUT2D eigenvalue weighted by Crippen LogP contribution is -2.55. The Kier molecular flexibility index (Phi) is 4.24. The number of hydrogen-bond donors (Lipinski definition) is 2. The maximum Gasteiger partial charge on any atom is 0.256 e. The Morgan fingerprint density at radius 1 is 1.45 bits per heavy atom. The monoisotopic (exact) mass is 277 g/mol. The summed E-state index contributed by atoms with van der Waals surface area (Å²) in [5, 5.41) is 2.55. The van der Waals surface area contributed by atoms with Crippen molar-refractivity contribution in [2.75, 3.05) is 32.5 Å². The van der Waals surface area contributed by atoms with Gasteiger partial charge in [-0.3, -0.25) is 9.59 Å². The summed E-state index contributed by atoms with van der Waals surface area (Å²) in [6.07, 6.45) is 0. The van der Waals surface area contributed by atoms with Gasteiger partial charge in [0.2, 0.25) is 5.91 Å². The lowest BCUT2D eigenvalue weighted by molar-refractivity contribution is -0.130. The Morgan fingerprint density at radius 2 is 2.20 bits per heavy atom. The molecule has 0 radical (unpaired) electrons. The normalized spacial score (nSPS) is 18.7. The number of hydrogen-bond acceptors (Lipinski definition) is 4. The third-order valence-corrected chi connectivity index (χ3v) is 3.49. The molecule has 108 valence electrons. The molecule has 0 spiro atoms. The van der Waals surface area contributed by atoms with Crippen molar-refractivity contribution in [3.05, 3.63) is 29.3 Å². The Balaban J connectivity index is 2.30. The van der Waals surface area contributed by atoms with Crippen LogP contribution in [0.15, 0.2) is 18.2 Å².